The van der Waals surface area contributed by atoms with Gasteiger partial charge in [-0.3, -0.25) is 4.79 Å². The molecular weight excluding hydrogens is 178 g/mol. The molecule has 5 nitrogen and oxygen atoms in total. The van der Waals surface area contributed by atoms with Gasteiger partial charge in [0.15, 0.2) is 5.17 Å². The van der Waals surface area contributed by atoms with E-state index in [1.54, 1.807) is 11.1 Å². The van der Waals surface area contributed by atoms with Crippen LogP contribution in [0.1, 0.15) is 0 Å². The Kier molecular flexibility index (Phi) is 2.94. The van der Waals surface area contributed by atoms with E-state index < -0.39 is 5.97 Å². The third-order valence-corrected chi connectivity index (χ3v) is 2.33. The van der Waals surface area contributed by atoms with E-state index in [0.717, 1.165) is 5.75 Å². The van der Waals surface area contributed by atoms with Gasteiger partial charge in [0.05, 0.1) is 0 Å². The number of amidine groups is 1. The fourth-order valence-electron chi connectivity index (χ4n) is 0.890. The molecule has 1 aliphatic rings. The van der Waals surface area contributed by atoms with Crippen molar-refractivity contribution in [2.75, 3.05) is 18.8 Å². The van der Waals surface area contributed by atoms with Crippen molar-refractivity contribution >= 4 is 22.9 Å². The summed E-state index contributed by atoms with van der Waals surface area (Å²) >= 11 is 1.41. The SMILES string of the molecule is N#CN=C1SCCN1CC(=O)O. The summed E-state index contributed by atoms with van der Waals surface area (Å²) in [5.74, 6) is -0.100. The van der Waals surface area contributed by atoms with Gasteiger partial charge < -0.3 is 10.0 Å². The van der Waals surface area contributed by atoms with Crippen LogP contribution in [-0.4, -0.2) is 40.0 Å². The van der Waals surface area contributed by atoms with E-state index in [4.69, 9.17) is 10.4 Å². The van der Waals surface area contributed by atoms with Crippen LogP contribution in [0, 0.1) is 11.5 Å². The summed E-state index contributed by atoms with van der Waals surface area (Å²) in [6, 6.07) is 0. The summed E-state index contributed by atoms with van der Waals surface area (Å²) in [6.45, 7) is 0.574. The number of carbonyl (C=O) groups is 1. The first-order valence-corrected chi connectivity index (χ1v) is 4.29. The van der Waals surface area contributed by atoms with Gasteiger partial charge in [-0.25, -0.2) is 0 Å². The lowest BCUT2D eigenvalue weighted by Crippen LogP contribution is -2.30. The molecule has 0 amide bonds. The quantitative estimate of drug-likeness (QED) is 0.611. The van der Waals surface area contributed by atoms with Gasteiger partial charge in [-0.15, -0.1) is 4.99 Å². The van der Waals surface area contributed by atoms with Gasteiger partial charge in [-0.1, -0.05) is 11.8 Å². The maximum absolute atomic E-state index is 10.3. The zero-order chi connectivity index (χ0) is 8.97. The maximum Gasteiger partial charge on any atom is 0.323 e. The predicted octanol–water partition coefficient (Wildman–Crippen LogP) is -0.0431. The molecule has 0 aromatic heterocycles. The van der Waals surface area contributed by atoms with Crippen molar-refractivity contribution in [1.29, 1.82) is 5.26 Å². The molecule has 12 heavy (non-hydrogen) atoms. The average Bonchev–Trinajstić information content (AvgIpc) is 2.37. The number of hydrogen-bond donors (Lipinski definition) is 1. The third-order valence-electron chi connectivity index (χ3n) is 1.33. The first-order chi connectivity index (χ1) is 5.74. The average molecular weight is 185 g/mol. The van der Waals surface area contributed by atoms with E-state index in [1.807, 2.05) is 0 Å². The van der Waals surface area contributed by atoms with Crippen molar-refractivity contribution < 1.29 is 9.90 Å². The van der Waals surface area contributed by atoms with Crippen LogP contribution in [-0.2, 0) is 4.79 Å². The fraction of sp³-hybridized carbons (Fsp3) is 0.500. The molecule has 0 radical (unpaired) electrons. The molecule has 0 bridgehead atoms. The highest BCUT2D eigenvalue weighted by molar-refractivity contribution is 8.14. The fourth-order valence-corrected chi connectivity index (χ4v) is 1.83. The standard InChI is InChI=1S/C6H7N3O2S/c7-4-8-6-9(1-2-12-6)3-5(10)11/h1-3H2,(H,10,11). The van der Waals surface area contributed by atoms with E-state index in [-0.39, 0.29) is 6.54 Å². The second-order valence-corrected chi connectivity index (χ2v) is 3.22. The number of hydrogen-bond acceptors (Lipinski definition) is 4. The zero-order valence-electron chi connectivity index (χ0n) is 6.23. The molecule has 0 saturated carbocycles. The van der Waals surface area contributed by atoms with Gasteiger partial charge >= 0.3 is 5.97 Å². The Labute approximate surface area is 73.7 Å². The Morgan fingerprint density at radius 3 is 3.25 bits per heavy atom. The molecule has 1 rings (SSSR count). The number of rotatable bonds is 2. The van der Waals surface area contributed by atoms with Crippen molar-refractivity contribution in [2.45, 2.75) is 0 Å². The van der Waals surface area contributed by atoms with Gasteiger partial charge in [0.2, 0.25) is 6.19 Å². The normalized spacial score (nSPS) is 19.6. The van der Waals surface area contributed by atoms with Crippen LogP contribution in [0.4, 0.5) is 0 Å². The molecule has 0 aromatic rings. The highest BCUT2D eigenvalue weighted by atomic mass is 32.2. The monoisotopic (exact) mass is 185 g/mol. The van der Waals surface area contributed by atoms with Crippen LogP contribution in [0.15, 0.2) is 4.99 Å². The van der Waals surface area contributed by atoms with Gasteiger partial charge in [0, 0.05) is 12.3 Å². The minimum absolute atomic E-state index is 0.0759. The zero-order valence-corrected chi connectivity index (χ0v) is 7.04. The molecule has 1 saturated heterocycles. The Morgan fingerprint density at radius 2 is 2.67 bits per heavy atom. The van der Waals surface area contributed by atoms with Crippen LogP contribution in [0.3, 0.4) is 0 Å². The number of aliphatic carboxylic acids is 1. The highest BCUT2D eigenvalue weighted by Gasteiger charge is 2.21. The molecule has 64 valence electrons. The second kappa shape index (κ2) is 3.97. The topological polar surface area (TPSA) is 76.7 Å². The van der Waals surface area contributed by atoms with E-state index in [2.05, 4.69) is 4.99 Å². The van der Waals surface area contributed by atoms with Crippen LogP contribution in [0.2, 0.25) is 0 Å². The van der Waals surface area contributed by atoms with Crippen LogP contribution < -0.4 is 0 Å². The molecule has 1 heterocycles. The number of aliphatic imine (C=N–C) groups is 1. The minimum atomic E-state index is -0.900. The summed E-state index contributed by atoms with van der Waals surface area (Å²) in [6.07, 6.45) is 1.65. The number of nitrogens with zero attached hydrogens (tertiary/aromatic N) is 3. The van der Waals surface area contributed by atoms with E-state index in [9.17, 15) is 4.79 Å². The number of carboxylic acid groups (broad SMARTS) is 1. The lowest BCUT2D eigenvalue weighted by Gasteiger charge is -2.12. The Morgan fingerprint density at radius 1 is 1.92 bits per heavy atom. The van der Waals surface area contributed by atoms with Crippen molar-refractivity contribution in [3.8, 4) is 6.19 Å². The van der Waals surface area contributed by atoms with Gasteiger partial charge in [-0.05, 0) is 0 Å². The molecule has 0 aromatic carbocycles. The molecule has 0 aliphatic carbocycles. The van der Waals surface area contributed by atoms with Crippen molar-refractivity contribution in [1.82, 2.24) is 4.90 Å². The predicted molar refractivity (Wildman–Crippen MR) is 44.7 cm³/mol. The third kappa shape index (κ3) is 2.13. The number of carboxylic acids is 1. The smallest absolute Gasteiger partial charge is 0.323 e. The minimum Gasteiger partial charge on any atom is -0.480 e. The van der Waals surface area contributed by atoms with Gasteiger partial charge in [-0.2, -0.15) is 5.26 Å². The lowest BCUT2D eigenvalue weighted by molar-refractivity contribution is -0.137. The van der Waals surface area contributed by atoms with E-state index in [0.29, 0.717) is 11.7 Å². The summed E-state index contributed by atoms with van der Waals surface area (Å²) in [7, 11) is 0. The van der Waals surface area contributed by atoms with Crippen molar-refractivity contribution in [2.24, 2.45) is 4.99 Å². The van der Waals surface area contributed by atoms with Crippen LogP contribution >= 0.6 is 11.8 Å². The van der Waals surface area contributed by atoms with E-state index >= 15 is 0 Å². The molecular formula is C6H7N3O2S. The Balaban J connectivity index is 2.59. The largest absolute Gasteiger partial charge is 0.480 e. The van der Waals surface area contributed by atoms with E-state index in [1.165, 1.54) is 11.8 Å². The van der Waals surface area contributed by atoms with Crippen LogP contribution in [0.25, 0.3) is 0 Å². The Hall–Kier alpha value is -1.22. The van der Waals surface area contributed by atoms with Gasteiger partial charge in [0.25, 0.3) is 0 Å². The molecule has 0 atom stereocenters. The highest BCUT2D eigenvalue weighted by Crippen LogP contribution is 2.16. The molecule has 0 spiro atoms. The van der Waals surface area contributed by atoms with Crippen molar-refractivity contribution in [3.63, 3.8) is 0 Å². The lowest BCUT2D eigenvalue weighted by atomic mass is 10.5. The summed E-state index contributed by atoms with van der Waals surface area (Å²) in [5, 5.41) is 17.2. The first-order valence-electron chi connectivity index (χ1n) is 3.30. The molecule has 1 fully saturated rings. The molecule has 1 aliphatic heterocycles. The second-order valence-electron chi connectivity index (χ2n) is 2.16. The van der Waals surface area contributed by atoms with Crippen LogP contribution in [0.5, 0.6) is 0 Å². The summed E-state index contributed by atoms with van der Waals surface area (Å²) in [5.41, 5.74) is 0. The molecule has 0 unspecified atom stereocenters. The van der Waals surface area contributed by atoms with Crippen molar-refractivity contribution in [3.05, 3.63) is 0 Å². The maximum atomic E-state index is 10.3. The first kappa shape index (κ1) is 8.87. The number of thioether (sulfide) groups is 1. The summed E-state index contributed by atoms with van der Waals surface area (Å²) in [4.78, 5) is 15.4. The Bertz CT molecular complexity index is 258. The van der Waals surface area contributed by atoms with Gasteiger partial charge in [0.1, 0.15) is 6.54 Å². The summed E-state index contributed by atoms with van der Waals surface area (Å²) < 4.78 is 0. The molecule has 6 heteroatoms. The molecule has 1 N–H and O–H groups in total. The number of nitriles is 1.